The van der Waals surface area contributed by atoms with Crippen molar-refractivity contribution in [2.45, 2.75) is 58.2 Å². The van der Waals surface area contributed by atoms with Crippen molar-refractivity contribution in [3.8, 4) is 0 Å². The Hall–Kier alpha value is -2.28. The highest BCUT2D eigenvalue weighted by atomic mass is 16.1. The Balaban J connectivity index is 1.34. The van der Waals surface area contributed by atoms with Crippen LogP contribution in [-0.4, -0.2) is 43.4 Å². The topological polar surface area (TPSA) is 75.9 Å². The molecule has 0 bridgehead atoms. The van der Waals surface area contributed by atoms with Gasteiger partial charge in [-0.15, -0.1) is 0 Å². The number of nitrogens with one attached hydrogen (secondary N) is 1. The lowest BCUT2D eigenvalue weighted by atomic mass is 10.1. The lowest BCUT2D eigenvalue weighted by Crippen LogP contribution is -2.39. The van der Waals surface area contributed by atoms with Gasteiger partial charge >= 0.3 is 0 Å². The Morgan fingerprint density at radius 1 is 1.22 bits per heavy atom. The van der Waals surface area contributed by atoms with Gasteiger partial charge in [-0.3, -0.25) is 9.69 Å². The third-order valence-electron chi connectivity index (χ3n) is 5.78. The summed E-state index contributed by atoms with van der Waals surface area (Å²) in [6.45, 7) is 5.79. The molecule has 0 spiro atoms. The monoisotopic (exact) mass is 368 g/mol. The minimum absolute atomic E-state index is 0.0478. The fourth-order valence-corrected chi connectivity index (χ4v) is 4.28. The number of carbonyl (C=O) groups excluding carboxylic acids is 1. The third kappa shape index (κ3) is 4.35. The van der Waals surface area contributed by atoms with Gasteiger partial charge in [-0.1, -0.05) is 12.8 Å². The predicted octanol–water partition coefficient (Wildman–Crippen LogP) is 2.10. The molecule has 0 saturated heterocycles. The zero-order chi connectivity index (χ0) is 18.6. The lowest BCUT2D eigenvalue weighted by Gasteiger charge is -2.35. The van der Waals surface area contributed by atoms with Gasteiger partial charge in [0.2, 0.25) is 5.91 Å². The molecule has 144 valence electrons. The zero-order valence-corrected chi connectivity index (χ0v) is 16.0. The molecule has 0 unspecified atom stereocenters. The van der Waals surface area contributed by atoms with Crippen molar-refractivity contribution < 1.29 is 4.79 Å². The van der Waals surface area contributed by atoms with Gasteiger partial charge in [-0.25, -0.2) is 15.0 Å². The summed E-state index contributed by atoms with van der Waals surface area (Å²) in [5, 5.41) is 2.87. The second-order valence-corrected chi connectivity index (χ2v) is 7.72. The van der Waals surface area contributed by atoms with Gasteiger partial charge in [0, 0.05) is 38.2 Å². The molecule has 7 heteroatoms. The Bertz CT molecular complexity index is 768. The van der Waals surface area contributed by atoms with Crippen molar-refractivity contribution in [3.63, 3.8) is 0 Å². The molecule has 0 aromatic carbocycles. The van der Waals surface area contributed by atoms with Crippen molar-refractivity contribution in [2.75, 3.05) is 13.1 Å². The molecule has 0 radical (unpaired) electrons. The van der Waals surface area contributed by atoms with Crippen LogP contribution in [0.5, 0.6) is 0 Å². The molecule has 2 aliphatic rings. The zero-order valence-electron chi connectivity index (χ0n) is 16.0. The van der Waals surface area contributed by atoms with Crippen LogP contribution >= 0.6 is 0 Å². The number of carbonyl (C=O) groups is 1. The minimum atomic E-state index is -0.0478. The quantitative estimate of drug-likeness (QED) is 0.845. The average Bonchev–Trinajstić information content (AvgIpc) is 3.33. The summed E-state index contributed by atoms with van der Waals surface area (Å²) in [7, 11) is 0. The Morgan fingerprint density at radius 3 is 2.78 bits per heavy atom. The maximum atomic E-state index is 12.2. The van der Waals surface area contributed by atoms with E-state index in [-0.39, 0.29) is 5.91 Å². The molecule has 7 nitrogen and oxygen atoms in total. The maximum Gasteiger partial charge on any atom is 0.226 e. The number of amides is 1. The maximum absolute atomic E-state index is 12.2. The van der Waals surface area contributed by atoms with Crippen LogP contribution in [0, 0.1) is 5.92 Å². The van der Waals surface area contributed by atoms with Gasteiger partial charge in [0.25, 0.3) is 0 Å². The van der Waals surface area contributed by atoms with E-state index in [1.807, 2.05) is 6.20 Å². The summed E-state index contributed by atoms with van der Waals surface area (Å²) >= 11 is 0. The molecular formula is C20H28N6O. The first-order valence-corrected chi connectivity index (χ1v) is 10.0. The second-order valence-electron chi connectivity index (χ2n) is 7.72. The fourth-order valence-electron chi connectivity index (χ4n) is 4.28. The molecule has 1 saturated carbocycles. The van der Waals surface area contributed by atoms with E-state index in [1.165, 1.54) is 32.2 Å². The van der Waals surface area contributed by atoms with Gasteiger partial charge in [0.1, 0.15) is 11.6 Å². The van der Waals surface area contributed by atoms with Gasteiger partial charge in [-0.05, 0) is 31.7 Å². The van der Waals surface area contributed by atoms with E-state index in [4.69, 9.17) is 4.98 Å². The van der Waals surface area contributed by atoms with E-state index < -0.39 is 0 Å². The highest BCUT2D eigenvalue weighted by Gasteiger charge is 2.29. The fraction of sp³-hybridized carbons (Fsp3) is 0.600. The van der Waals surface area contributed by atoms with Crippen LogP contribution < -0.4 is 5.32 Å². The smallest absolute Gasteiger partial charge is 0.226 e. The second kappa shape index (κ2) is 8.17. The molecule has 2 aromatic rings. The van der Waals surface area contributed by atoms with Crippen molar-refractivity contribution in [1.29, 1.82) is 0 Å². The van der Waals surface area contributed by atoms with Crippen LogP contribution in [0.25, 0.3) is 0 Å². The molecule has 1 N–H and O–H groups in total. The van der Waals surface area contributed by atoms with E-state index in [1.54, 1.807) is 18.5 Å². The molecule has 1 atom stereocenters. The minimum Gasteiger partial charge on any atom is -0.348 e. The van der Waals surface area contributed by atoms with Crippen LogP contribution in [-0.2, 0) is 24.3 Å². The Labute approximate surface area is 160 Å². The van der Waals surface area contributed by atoms with Crippen molar-refractivity contribution >= 4 is 5.91 Å². The van der Waals surface area contributed by atoms with Crippen LogP contribution in [0.15, 0.2) is 24.7 Å². The van der Waals surface area contributed by atoms with Crippen LogP contribution in [0.3, 0.4) is 0 Å². The number of imidazole rings is 1. The number of aromatic nitrogens is 4. The highest BCUT2D eigenvalue weighted by molar-refractivity contribution is 5.77. The van der Waals surface area contributed by atoms with Gasteiger partial charge in [-0.2, -0.15) is 0 Å². The van der Waals surface area contributed by atoms with E-state index in [0.29, 0.717) is 24.8 Å². The molecular weight excluding hydrogens is 340 g/mol. The van der Waals surface area contributed by atoms with E-state index in [2.05, 4.69) is 31.7 Å². The van der Waals surface area contributed by atoms with Crippen LogP contribution in [0.1, 0.15) is 56.0 Å². The molecule has 2 aromatic heterocycles. The van der Waals surface area contributed by atoms with Crippen LogP contribution in [0.2, 0.25) is 0 Å². The van der Waals surface area contributed by atoms with Gasteiger partial charge in [0.05, 0.1) is 24.7 Å². The summed E-state index contributed by atoms with van der Waals surface area (Å²) in [4.78, 5) is 27.8. The lowest BCUT2D eigenvalue weighted by molar-refractivity contribution is -0.120. The first-order valence-electron chi connectivity index (χ1n) is 10.0. The predicted molar refractivity (Wildman–Crippen MR) is 102 cm³/mol. The van der Waals surface area contributed by atoms with E-state index >= 15 is 0 Å². The summed E-state index contributed by atoms with van der Waals surface area (Å²) in [6, 6.07) is 2.08. The van der Waals surface area contributed by atoms with Crippen LogP contribution in [0.4, 0.5) is 0 Å². The first kappa shape index (κ1) is 18.1. The van der Waals surface area contributed by atoms with Gasteiger partial charge in [0.15, 0.2) is 0 Å². The Morgan fingerprint density at radius 2 is 2.00 bits per heavy atom. The number of fused-ring (bicyclic) bond motifs is 1. The number of hydrogen-bond donors (Lipinski definition) is 1. The SMILES string of the molecule is C[C@H]1c2nc(CC(=O)NCc3ncccn3)cn2CCN1CC1CCCC1. The summed E-state index contributed by atoms with van der Waals surface area (Å²) in [5.41, 5.74) is 0.839. The summed E-state index contributed by atoms with van der Waals surface area (Å²) in [5.74, 6) is 2.51. The standard InChI is InChI=1S/C20H28N6O/c1-15-20-24-17(11-19(27)23-12-18-21-7-4-8-22-18)14-26(20)10-9-25(15)13-16-5-2-3-6-16/h4,7-8,14-16H,2-3,5-6,9-13H2,1H3,(H,23,27)/t15-/m0/s1. The van der Waals surface area contributed by atoms with Crippen molar-refractivity contribution in [2.24, 2.45) is 5.92 Å². The van der Waals surface area contributed by atoms with Crippen molar-refractivity contribution in [1.82, 2.24) is 29.7 Å². The molecule has 3 heterocycles. The molecule has 27 heavy (non-hydrogen) atoms. The highest BCUT2D eigenvalue weighted by Crippen LogP contribution is 2.30. The third-order valence-corrected chi connectivity index (χ3v) is 5.78. The molecule has 4 rings (SSSR count). The summed E-state index contributed by atoms with van der Waals surface area (Å²) < 4.78 is 2.22. The summed E-state index contributed by atoms with van der Waals surface area (Å²) in [6.07, 6.45) is 11.2. The first-order chi connectivity index (χ1) is 13.2. The largest absolute Gasteiger partial charge is 0.348 e. The Kier molecular flexibility index (Phi) is 5.48. The number of nitrogens with zero attached hydrogens (tertiary/aromatic N) is 5. The number of hydrogen-bond acceptors (Lipinski definition) is 5. The molecule has 1 aliphatic carbocycles. The average molecular weight is 368 g/mol. The normalized spacial score (nSPS) is 20.6. The van der Waals surface area contributed by atoms with Gasteiger partial charge < -0.3 is 9.88 Å². The molecule has 1 fully saturated rings. The molecule has 1 aliphatic heterocycles. The number of rotatable bonds is 6. The molecule has 1 amide bonds. The van der Waals surface area contributed by atoms with Crippen molar-refractivity contribution in [3.05, 3.63) is 42.0 Å². The van der Waals surface area contributed by atoms with E-state index in [9.17, 15) is 4.79 Å². The van der Waals surface area contributed by atoms with E-state index in [0.717, 1.165) is 30.5 Å².